The fraction of sp³-hybridized carbons (Fsp3) is 0.250. The summed E-state index contributed by atoms with van der Waals surface area (Å²) in [6.07, 6.45) is 0.592. The fourth-order valence-corrected chi connectivity index (χ4v) is 4.21. The molecule has 2 amide bonds. The molecule has 0 spiro atoms. The van der Waals surface area contributed by atoms with E-state index in [4.69, 9.17) is 10.00 Å². The average Bonchev–Trinajstić information content (AvgIpc) is 3.20. The molecular formula is C24H20FN3O4. The number of halogens is 1. The van der Waals surface area contributed by atoms with Gasteiger partial charge in [0.25, 0.3) is 0 Å². The van der Waals surface area contributed by atoms with Gasteiger partial charge in [-0.25, -0.2) is 9.18 Å². The Kier molecular flexibility index (Phi) is 5.73. The third-order valence-electron chi connectivity index (χ3n) is 5.70. The molecule has 8 heteroatoms. The molecule has 1 aliphatic carbocycles. The number of nitrogens with zero attached hydrogens (tertiary/aromatic N) is 3. The van der Waals surface area contributed by atoms with Gasteiger partial charge >= 0.3 is 12.0 Å². The molecule has 0 saturated carbocycles. The van der Waals surface area contributed by atoms with Crippen LogP contribution in [0.3, 0.4) is 0 Å². The minimum absolute atomic E-state index is 0.122. The van der Waals surface area contributed by atoms with Crippen LogP contribution in [0.5, 0.6) is 0 Å². The van der Waals surface area contributed by atoms with E-state index < -0.39 is 24.7 Å². The molecule has 1 aliphatic heterocycles. The molecule has 7 nitrogen and oxygen atoms in total. The minimum atomic E-state index is -0.792. The first-order valence-corrected chi connectivity index (χ1v) is 10.1. The lowest BCUT2D eigenvalue weighted by molar-refractivity contribution is -0.141. The molecule has 0 aromatic heterocycles. The van der Waals surface area contributed by atoms with Crippen molar-refractivity contribution in [3.63, 3.8) is 0 Å². The lowest BCUT2D eigenvalue weighted by atomic mass is 9.92. The summed E-state index contributed by atoms with van der Waals surface area (Å²) in [5.41, 5.74) is 2.85. The Bertz CT molecular complexity index is 1170. The number of hydrogen-bond donors (Lipinski definition) is 0. The van der Waals surface area contributed by atoms with Crippen LogP contribution in [0, 0.1) is 11.3 Å². The van der Waals surface area contributed by atoms with Crippen molar-refractivity contribution in [2.24, 2.45) is 0 Å². The molecule has 0 fully saturated rings. The molecule has 1 unspecified atom stereocenters. The molecule has 2 aliphatic rings. The number of hydrogen-bond acceptors (Lipinski definition) is 5. The normalized spacial score (nSPS) is 18.0. The fourth-order valence-electron chi connectivity index (χ4n) is 4.21. The van der Waals surface area contributed by atoms with Gasteiger partial charge in [0.2, 0.25) is 0 Å². The highest BCUT2D eigenvalue weighted by Crippen LogP contribution is 2.44. The largest absolute Gasteiger partial charge is 0.468 e. The van der Waals surface area contributed by atoms with Gasteiger partial charge < -0.3 is 9.64 Å². The number of rotatable bonds is 5. The van der Waals surface area contributed by atoms with Crippen molar-refractivity contribution in [2.75, 3.05) is 18.6 Å². The third kappa shape index (κ3) is 3.62. The van der Waals surface area contributed by atoms with E-state index in [2.05, 4.69) is 0 Å². The smallest absolute Gasteiger partial charge is 0.330 e. The summed E-state index contributed by atoms with van der Waals surface area (Å²) in [4.78, 5) is 41.5. The van der Waals surface area contributed by atoms with Crippen LogP contribution in [-0.4, -0.2) is 36.3 Å². The van der Waals surface area contributed by atoms with Crippen LogP contribution >= 0.6 is 0 Å². The summed E-state index contributed by atoms with van der Waals surface area (Å²) in [5.74, 6) is -0.757. The molecule has 32 heavy (non-hydrogen) atoms. The van der Waals surface area contributed by atoms with Gasteiger partial charge in [-0.15, -0.1) is 0 Å². The Morgan fingerprint density at radius 2 is 1.94 bits per heavy atom. The summed E-state index contributed by atoms with van der Waals surface area (Å²) >= 11 is 0. The van der Waals surface area contributed by atoms with Gasteiger partial charge in [-0.3, -0.25) is 14.5 Å². The zero-order chi connectivity index (χ0) is 22.8. The number of methoxy groups -OCH3 is 1. The second kappa shape index (κ2) is 8.63. The Morgan fingerprint density at radius 1 is 1.19 bits per heavy atom. The molecule has 162 valence electrons. The van der Waals surface area contributed by atoms with Crippen LogP contribution in [0.4, 0.5) is 14.9 Å². The number of alkyl halides is 1. The SMILES string of the molecule is COC(=O)CN1C(=O)N(c2cccc(CF)c2)C2=C(C(=O)CC2)C1c1ccc(C#N)cc1. The standard InChI is InChI=1S/C24H20FN3O4/c1-32-21(30)14-27-23(17-7-5-15(13-26)6-8-17)22-19(9-10-20(22)29)28(24(27)31)18-4-2-3-16(11-18)12-25/h2-8,11,23H,9-10,12,14H2,1H3. The van der Waals surface area contributed by atoms with Gasteiger partial charge in [0.15, 0.2) is 5.78 Å². The van der Waals surface area contributed by atoms with E-state index in [0.717, 1.165) is 0 Å². The Morgan fingerprint density at radius 3 is 2.59 bits per heavy atom. The van der Waals surface area contributed by atoms with Crippen molar-refractivity contribution in [1.29, 1.82) is 5.26 Å². The maximum Gasteiger partial charge on any atom is 0.330 e. The van der Waals surface area contributed by atoms with E-state index in [1.807, 2.05) is 6.07 Å². The number of carbonyl (C=O) groups is 3. The summed E-state index contributed by atoms with van der Waals surface area (Å²) in [7, 11) is 1.22. The van der Waals surface area contributed by atoms with Crippen molar-refractivity contribution >= 4 is 23.5 Å². The van der Waals surface area contributed by atoms with E-state index >= 15 is 0 Å². The van der Waals surface area contributed by atoms with Crippen LogP contribution in [0.15, 0.2) is 59.8 Å². The quantitative estimate of drug-likeness (QED) is 0.669. The van der Waals surface area contributed by atoms with Crippen LogP contribution in [-0.2, 0) is 21.0 Å². The van der Waals surface area contributed by atoms with Gasteiger partial charge in [0.05, 0.1) is 30.5 Å². The second-order valence-corrected chi connectivity index (χ2v) is 7.55. The topological polar surface area (TPSA) is 90.7 Å². The monoisotopic (exact) mass is 433 g/mol. The van der Waals surface area contributed by atoms with Gasteiger partial charge in [0, 0.05) is 17.7 Å². The summed E-state index contributed by atoms with van der Waals surface area (Å²) in [5, 5.41) is 9.11. The number of Topliss-reactive ketones (excluding diaryl/α,β-unsaturated/α-hetero) is 1. The number of esters is 1. The summed E-state index contributed by atoms with van der Waals surface area (Å²) in [6, 6.07) is 13.8. The Balaban J connectivity index is 1.90. The van der Waals surface area contributed by atoms with Crippen molar-refractivity contribution < 1.29 is 23.5 Å². The van der Waals surface area contributed by atoms with Gasteiger partial charge in [0.1, 0.15) is 13.2 Å². The predicted molar refractivity (Wildman–Crippen MR) is 113 cm³/mol. The first-order chi connectivity index (χ1) is 15.5. The molecule has 0 saturated heterocycles. The first-order valence-electron chi connectivity index (χ1n) is 10.1. The molecule has 1 atom stereocenters. The molecule has 0 N–H and O–H groups in total. The van der Waals surface area contributed by atoms with Gasteiger partial charge in [-0.05, 0) is 41.8 Å². The van der Waals surface area contributed by atoms with Crippen molar-refractivity contribution in [2.45, 2.75) is 25.6 Å². The van der Waals surface area contributed by atoms with Crippen molar-refractivity contribution in [3.8, 4) is 6.07 Å². The van der Waals surface area contributed by atoms with Crippen molar-refractivity contribution in [3.05, 3.63) is 76.5 Å². The lowest BCUT2D eigenvalue weighted by Crippen LogP contribution is -2.51. The zero-order valence-corrected chi connectivity index (χ0v) is 17.4. The van der Waals surface area contributed by atoms with E-state index in [-0.39, 0.29) is 18.7 Å². The third-order valence-corrected chi connectivity index (χ3v) is 5.70. The number of benzene rings is 2. The maximum atomic E-state index is 13.7. The number of anilines is 1. The van der Waals surface area contributed by atoms with E-state index in [9.17, 15) is 18.8 Å². The van der Waals surface area contributed by atoms with E-state index in [1.54, 1.807) is 48.5 Å². The molecule has 1 heterocycles. The molecule has 4 rings (SSSR count). The molecule has 2 aromatic carbocycles. The zero-order valence-electron chi connectivity index (χ0n) is 17.4. The first kappa shape index (κ1) is 21.2. The predicted octanol–water partition coefficient (Wildman–Crippen LogP) is 3.80. The molecule has 2 aromatic rings. The highest BCUT2D eigenvalue weighted by Gasteiger charge is 2.46. The number of amides is 2. The highest BCUT2D eigenvalue weighted by atomic mass is 19.1. The summed E-state index contributed by atoms with van der Waals surface area (Å²) in [6.45, 7) is -1.07. The lowest BCUT2D eigenvalue weighted by Gasteiger charge is -2.41. The van der Waals surface area contributed by atoms with Crippen LogP contribution in [0.25, 0.3) is 0 Å². The molecular weight excluding hydrogens is 413 g/mol. The number of nitriles is 1. The summed E-state index contributed by atoms with van der Waals surface area (Å²) < 4.78 is 18.1. The average molecular weight is 433 g/mol. The van der Waals surface area contributed by atoms with Crippen molar-refractivity contribution in [1.82, 2.24) is 4.90 Å². The minimum Gasteiger partial charge on any atom is -0.468 e. The molecule has 0 radical (unpaired) electrons. The van der Waals surface area contributed by atoms with Gasteiger partial charge in [-0.2, -0.15) is 5.26 Å². The van der Waals surface area contributed by atoms with Gasteiger partial charge in [-0.1, -0.05) is 24.3 Å². The second-order valence-electron chi connectivity index (χ2n) is 7.55. The Hall–Kier alpha value is -3.99. The van der Waals surface area contributed by atoms with E-state index in [0.29, 0.717) is 40.1 Å². The number of carbonyl (C=O) groups excluding carboxylic acids is 3. The van der Waals surface area contributed by atoms with Crippen LogP contribution in [0.1, 0.15) is 35.6 Å². The van der Waals surface area contributed by atoms with E-state index in [1.165, 1.54) is 16.9 Å². The number of urea groups is 1. The maximum absolute atomic E-state index is 13.7. The number of ether oxygens (including phenoxy) is 1. The number of allylic oxidation sites excluding steroid dienone is 1. The van der Waals surface area contributed by atoms with Crippen LogP contribution < -0.4 is 4.90 Å². The Labute approximate surface area is 184 Å². The highest BCUT2D eigenvalue weighted by molar-refractivity contribution is 6.08. The number of ketones is 1. The molecule has 0 bridgehead atoms. The van der Waals surface area contributed by atoms with Crippen LogP contribution in [0.2, 0.25) is 0 Å².